The first-order chi connectivity index (χ1) is 48.6. The normalized spacial score (nSPS) is 14.3. The van der Waals surface area contributed by atoms with Crippen molar-refractivity contribution < 1.29 is 76.0 Å². The third-order valence-corrected chi connectivity index (χ3v) is 17.4. The van der Waals surface area contributed by atoms with Crippen molar-refractivity contribution in [2.24, 2.45) is 0 Å². The summed E-state index contributed by atoms with van der Waals surface area (Å²) in [6, 6.07) is 14.3. The lowest BCUT2D eigenvalue weighted by Crippen LogP contribution is -2.41. The van der Waals surface area contributed by atoms with Gasteiger partial charge in [-0.05, 0) is 207 Å². The molecule has 3 N–H and O–H groups in total. The molecule has 3 atom stereocenters. The third kappa shape index (κ3) is 33.7. The molecule has 1 unspecified atom stereocenters. The van der Waals surface area contributed by atoms with Gasteiger partial charge in [-0.25, -0.2) is 4.79 Å². The number of halogens is 8. The van der Waals surface area contributed by atoms with Crippen LogP contribution in [0.3, 0.4) is 0 Å². The van der Waals surface area contributed by atoms with Gasteiger partial charge in [-0.2, -0.15) is 0 Å². The lowest BCUT2D eigenvalue weighted by Gasteiger charge is -2.32. The van der Waals surface area contributed by atoms with Gasteiger partial charge in [0.15, 0.2) is 46.0 Å². The van der Waals surface area contributed by atoms with Gasteiger partial charge >= 0.3 is 23.9 Å². The summed E-state index contributed by atoms with van der Waals surface area (Å²) >= 11 is 48.7. The number of nitrogens with zero attached hydrogens (tertiary/aromatic N) is 1. The van der Waals surface area contributed by atoms with E-state index in [0.717, 1.165) is 80.5 Å². The predicted octanol–water partition coefficient (Wildman–Crippen LogP) is 17.0. The van der Waals surface area contributed by atoms with Crippen molar-refractivity contribution in [1.82, 2.24) is 20.9 Å². The van der Waals surface area contributed by atoms with Crippen molar-refractivity contribution in [3.05, 3.63) is 103 Å². The molecule has 103 heavy (non-hydrogen) atoms. The maximum atomic E-state index is 12.6. The molecule has 0 radical (unpaired) electrons. The van der Waals surface area contributed by atoms with E-state index in [1.807, 2.05) is 107 Å². The van der Waals surface area contributed by atoms with Crippen LogP contribution in [0.1, 0.15) is 164 Å². The molecule has 28 heteroatoms. The van der Waals surface area contributed by atoms with Gasteiger partial charge in [0.25, 0.3) is 0 Å². The van der Waals surface area contributed by atoms with Crippen LogP contribution in [0, 0.1) is 0 Å². The molecule has 0 bridgehead atoms. The zero-order chi connectivity index (χ0) is 76.1. The molecule has 0 aliphatic carbocycles. The summed E-state index contributed by atoms with van der Waals surface area (Å²) in [6.07, 6.45) is 8.76. The van der Waals surface area contributed by atoms with Gasteiger partial charge in [-0.15, -0.1) is 46.4 Å². The maximum Gasteiger partial charge on any atom is 0.333 e. The monoisotopic (exact) mass is 1600 g/mol. The number of hydrogen-bond acceptors (Lipinski definition) is 20. The standard InChI is InChI=1S/C21H31Cl2NO4.2C18H25Cl2NO4.C18H23Cl2NO4/c1-5-8-24(9-6-7-22)16(12-20(25)28-21(2,3)4)10-15-11-18-19(13-17(15)23)27-14-26-18;3*1-18(2,3)25-17(22)9-13(21-6-4-5-19)7-12-8-15-16(10-14(12)20)24-11-23-15/h11,13,16H,5-10,12,14H2,1-4H3;2*8,10,13,21H,4-7,9,11H2,1-3H3;8-10,21H,4-7,11H2,1-3H3/b;;;13-9-/t16-;13-;;/m11../s1. The van der Waals surface area contributed by atoms with Crippen LogP contribution in [0.15, 0.2) is 60.3 Å². The Labute approximate surface area is 648 Å². The lowest BCUT2D eigenvalue weighted by atomic mass is 10.00. The second-order valence-electron chi connectivity index (χ2n) is 28.6. The molecule has 4 aliphatic heterocycles. The number of nitrogens with one attached hydrogen (secondary N) is 3. The number of ether oxygens (including phenoxy) is 12. The minimum Gasteiger partial charge on any atom is -0.460 e. The van der Waals surface area contributed by atoms with Crippen LogP contribution in [0.4, 0.5) is 0 Å². The Balaban J connectivity index is 0.000000247. The van der Waals surface area contributed by atoms with Crippen LogP contribution in [0.2, 0.25) is 20.1 Å². The third-order valence-electron chi connectivity index (χ3n) is 14.9. The molecule has 4 aromatic rings. The molecule has 4 aliphatic rings. The van der Waals surface area contributed by atoms with Gasteiger partial charge in [0.2, 0.25) is 27.2 Å². The fourth-order valence-electron chi connectivity index (χ4n) is 10.7. The van der Waals surface area contributed by atoms with E-state index in [9.17, 15) is 19.2 Å². The quantitative estimate of drug-likeness (QED) is 0.0133. The molecule has 0 saturated heterocycles. The number of hydrogen-bond donors (Lipinski definition) is 3. The maximum absolute atomic E-state index is 12.6. The van der Waals surface area contributed by atoms with E-state index in [-0.39, 0.29) is 76.0 Å². The summed E-state index contributed by atoms with van der Waals surface area (Å²) in [7, 11) is 0. The fourth-order valence-corrected chi connectivity index (χ4v) is 12.1. The Morgan fingerprint density at radius 2 is 0.757 bits per heavy atom. The Hall–Kier alpha value is -5.10. The van der Waals surface area contributed by atoms with Crippen molar-refractivity contribution in [3.63, 3.8) is 0 Å². The Bertz CT molecular complexity index is 3290. The molecule has 4 aromatic carbocycles. The molecule has 0 fully saturated rings. The minimum absolute atomic E-state index is 0.0316. The molecule has 0 saturated carbocycles. The van der Waals surface area contributed by atoms with Crippen LogP contribution < -0.4 is 53.8 Å². The van der Waals surface area contributed by atoms with Crippen LogP contribution >= 0.6 is 92.8 Å². The largest absolute Gasteiger partial charge is 0.460 e. The molecule has 20 nitrogen and oxygen atoms in total. The van der Waals surface area contributed by atoms with E-state index < -0.39 is 28.4 Å². The van der Waals surface area contributed by atoms with Gasteiger partial charge < -0.3 is 72.8 Å². The second-order valence-corrected chi connectivity index (χ2v) is 31.8. The Morgan fingerprint density at radius 3 is 1.11 bits per heavy atom. The van der Waals surface area contributed by atoms with Gasteiger partial charge in [-0.3, -0.25) is 19.3 Å². The second kappa shape index (κ2) is 43.6. The summed E-state index contributed by atoms with van der Waals surface area (Å²) in [5.74, 6) is 6.43. The van der Waals surface area contributed by atoms with Crippen molar-refractivity contribution in [2.75, 3.05) is 83.4 Å². The summed E-state index contributed by atoms with van der Waals surface area (Å²) in [5, 5.41) is 12.3. The minimum atomic E-state index is -0.550. The average Bonchev–Trinajstić information content (AvgIpc) is 1.78. The summed E-state index contributed by atoms with van der Waals surface area (Å²) in [6.45, 7) is 29.0. The zero-order valence-electron chi connectivity index (χ0n) is 61.6. The first-order valence-electron chi connectivity index (χ1n) is 34.7. The number of allylic oxidation sites excluding steroid dienone is 1. The van der Waals surface area contributed by atoms with Crippen LogP contribution in [-0.4, -0.2) is 153 Å². The van der Waals surface area contributed by atoms with Crippen molar-refractivity contribution in [3.8, 4) is 46.0 Å². The topological polar surface area (TPSA) is 218 Å². The van der Waals surface area contributed by atoms with Crippen LogP contribution in [0.5, 0.6) is 46.0 Å². The van der Waals surface area contributed by atoms with E-state index in [2.05, 4.69) is 27.8 Å². The van der Waals surface area contributed by atoms with Crippen molar-refractivity contribution >= 4 is 117 Å². The summed E-state index contributed by atoms with van der Waals surface area (Å²) in [5.41, 5.74) is 2.21. The number of carbonyl (C=O) groups excluding carboxylic acids is 4. The fraction of sp³-hybridized carbons (Fsp3) is 0.600. The Kier molecular flexibility index (Phi) is 37.5. The molecule has 0 amide bonds. The number of rotatable bonds is 33. The summed E-state index contributed by atoms with van der Waals surface area (Å²) < 4.78 is 64.9. The van der Waals surface area contributed by atoms with E-state index >= 15 is 0 Å². The zero-order valence-corrected chi connectivity index (χ0v) is 67.7. The smallest absolute Gasteiger partial charge is 0.333 e. The molecule has 0 aromatic heterocycles. The van der Waals surface area contributed by atoms with E-state index in [0.29, 0.717) is 134 Å². The summed E-state index contributed by atoms with van der Waals surface area (Å²) in [4.78, 5) is 51.4. The first kappa shape index (κ1) is 88.5. The number of fused-ring (bicyclic) bond motifs is 4. The van der Waals surface area contributed by atoms with Crippen molar-refractivity contribution in [2.45, 2.75) is 208 Å². The molecule has 0 spiro atoms. The van der Waals surface area contributed by atoms with Gasteiger partial charge in [0.05, 0.1) is 19.3 Å². The van der Waals surface area contributed by atoms with Gasteiger partial charge in [-0.1, -0.05) is 53.3 Å². The first-order valence-corrected chi connectivity index (χ1v) is 38.3. The van der Waals surface area contributed by atoms with Crippen LogP contribution in [-0.2, 0) is 63.8 Å². The molecular formula is C75H104Cl8N4O16. The number of esters is 4. The highest BCUT2D eigenvalue weighted by Crippen LogP contribution is 2.41. The highest BCUT2D eigenvalue weighted by Gasteiger charge is 2.30. The molecule has 4 heterocycles. The van der Waals surface area contributed by atoms with E-state index in [4.69, 9.17) is 150 Å². The molecular weight excluding hydrogens is 1500 g/mol. The predicted molar refractivity (Wildman–Crippen MR) is 409 cm³/mol. The number of benzene rings is 4. The van der Waals surface area contributed by atoms with Crippen molar-refractivity contribution in [1.29, 1.82) is 0 Å². The lowest BCUT2D eigenvalue weighted by molar-refractivity contribution is -0.157. The van der Waals surface area contributed by atoms with Gasteiger partial charge in [0.1, 0.15) is 22.4 Å². The Morgan fingerprint density at radius 1 is 0.437 bits per heavy atom. The van der Waals surface area contributed by atoms with Gasteiger partial charge in [0, 0.05) is 111 Å². The van der Waals surface area contributed by atoms with Crippen LogP contribution in [0.25, 0.3) is 0 Å². The molecule has 576 valence electrons. The highest BCUT2D eigenvalue weighted by atomic mass is 35.5. The molecule has 8 rings (SSSR count). The number of carbonyl (C=O) groups is 4. The average molecular weight is 1600 g/mol. The van der Waals surface area contributed by atoms with E-state index in [1.165, 1.54) is 6.08 Å². The highest BCUT2D eigenvalue weighted by molar-refractivity contribution is 6.32. The number of alkyl halides is 4. The SMILES string of the molecule is CC(C)(C)OC(=O)/C=C(/Cc1cc2c(cc1Cl)OCO2)NCCCCl.CC(C)(C)OC(=O)CC(Cc1cc2c(cc1Cl)OCO2)NCCCCl.CC(C)(C)OC(=O)C[C@@H](Cc1cc2c(cc1Cl)OCO2)NCCCCl.CCCN(CCCCl)[C@@H](CC(=O)OC(C)(C)C)Cc1cc2c(cc1Cl)OCO2. The van der Waals surface area contributed by atoms with E-state index in [1.54, 1.807) is 24.3 Å².